The molecule has 0 spiro atoms. The van der Waals surface area contributed by atoms with E-state index in [0.717, 1.165) is 17.7 Å². The number of nitrogens with zero attached hydrogens (tertiary/aromatic N) is 5. The van der Waals surface area contributed by atoms with Gasteiger partial charge in [0, 0.05) is 43.0 Å². The second kappa shape index (κ2) is 12.1. The molecule has 0 aliphatic carbocycles. The third kappa shape index (κ3) is 6.75. The third-order valence-corrected chi connectivity index (χ3v) is 7.16. The van der Waals surface area contributed by atoms with E-state index in [1.165, 1.54) is 23.0 Å². The van der Waals surface area contributed by atoms with E-state index in [1.54, 1.807) is 66.5 Å². The average molecular weight is 608 g/mol. The summed E-state index contributed by atoms with van der Waals surface area (Å²) in [4.78, 5) is 26.6. The predicted octanol–water partition coefficient (Wildman–Crippen LogP) is 5.53. The summed E-state index contributed by atoms with van der Waals surface area (Å²) in [6, 6.07) is 17.0. The first kappa shape index (κ1) is 29.5. The van der Waals surface area contributed by atoms with Crippen LogP contribution in [-0.2, 0) is 31.5 Å². The Morgan fingerprint density at radius 3 is 2.33 bits per heavy atom. The third-order valence-electron chi connectivity index (χ3n) is 6.79. The minimum absolute atomic E-state index is 0.0436. The van der Waals surface area contributed by atoms with Crippen LogP contribution in [0.15, 0.2) is 85.3 Å². The Morgan fingerprint density at radius 1 is 0.953 bits per heavy atom. The molecule has 3 aromatic carbocycles. The molecule has 0 radical (unpaired) electrons. The quantitative estimate of drug-likeness (QED) is 0.241. The van der Waals surface area contributed by atoms with Crippen LogP contribution in [0, 0.1) is 0 Å². The maximum Gasteiger partial charge on any atom is 0.416 e. The fraction of sp³-hybridized carbons (Fsp3) is 0.167. The van der Waals surface area contributed by atoms with Crippen LogP contribution in [0.4, 0.5) is 18.9 Å². The fourth-order valence-electron chi connectivity index (χ4n) is 4.52. The standard InChI is InChI=1S/C30H25ClF3N7O2/c1-40-17-35-39-27(40)18-6-9-23(10-7-18)37-28(42)25(38-29(43)26-12-13-36-41(26)2)16-21-14-20(8-11-24(21)31)19-4-3-5-22(15-19)30(32,33)34/h3-15,17,25H,16H2,1-2H3,(H,37,42)(H,38,43). The zero-order chi connectivity index (χ0) is 30.7. The molecule has 0 bridgehead atoms. The number of carbonyl (C=O) groups is 2. The first-order valence-electron chi connectivity index (χ1n) is 13.0. The Bertz CT molecular complexity index is 1780. The van der Waals surface area contributed by atoms with Crippen LogP contribution in [0.25, 0.3) is 22.5 Å². The first-order valence-corrected chi connectivity index (χ1v) is 13.4. The zero-order valence-electron chi connectivity index (χ0n) is 22.9. The Labute approximate surface area is 249 Å². The summed E-state index contributed by atoms with van der Waals surface area (Å²) in [6.07, 6.45) is -1.51. The molecule has 0 fully saturated rings. The van der Waals surface area contributed by atoms with E-state index >= 15 is 0 Å². The van der Waals surface area contributed by atoms with Crippen molar-refractivity contribution in [1.29, 1.82) is 0 Å². The van der Waals surface area contributed by atoms with Gasteiger partial charge in [-0.2, -0.15) is 18.3 Å². The number of rotatable bonds is 8. The Morgan fingerprint density at radius 2 is 1.67 bits per heavy atom. The lowest BCUT2D eigenvalue weighted by atomic mass is 9.97. The number of anilines is 1. The van der Waals surface area contributed by atoms with Crippen LogP contribution in [0.3, 0.4) is 0 Å². The van der Waals surface area contributed by atoms with E-state index in [4.69, 9.17) is 11.6 Å². The number of carbonyl (C=O) groups excluding carboxylic acids is 2. The lowest BCUT2D eigenvalue weighted by Gasteiger charge is -2.20. The molecule has 5 aromatic rings. The molecular formula is C30H25ClF3N7O2. The van der Waals surface area contributed by atoms with Gasteiger partial charge in [0.15, 0.2) is 5.82 Å². The summed E-state index contributed by atoms with van der Waals surface area (Å²) in [5, 5.41) is 17.8. The van der Waals surface area contributed by atoms with Gasteiger partial charge in [-0.3, -0.25) is 14.3 Å². The second-order valence-electron chi connectivity index (χ2n) is 9.79. The number of aryl methyl sites for hydroxylation is 2. The number of halogens is 4. The van der Waals surface area contributed by atoms with E-state index in [2.05, 4.69) is 25.9 Å². The number of amides is 2. The van der Waals surface area contributed by atoms with Crippen LogP contribution in [0.1, 0.15) is 21.6 Å². The lowest BCUT2D eigenvalue weighted by Crippen LogP contribution is -2.45. The normalized spacial score (nSPS) is 12.1. The van der Waals surface area contributed by atoms with Crippen LogP contribution in [0.5, 0.6) is 0 Å². The molecule has 1 atom stereocenters. The highest BCUT2D eigenvalue weighted by atomic mass is 35.5. The fourth-order valence-corrected chi connectivity index (χ4v) is 4.72. The van der Waals surface area contributed by atoms with Gasteiger partial charge >= 0.3 is 6.18 Å². The van der Waals surface area contributed by atoms with Gasteiger partial charge in [0.25, 0.3) is 5.91 Å². The molecule has 5 rings (SSSR count). The topological polar surface area (TPSA) is 107 Å². The average Bonchev–Trinajstić information content (AvgIpc) is 3.61. The van der Waals surface area contributed by atoms with Crippen molar-refractivity contribution in [3.05, 3.63) is 107 Å². The van der Waals surface area contributed by atoms with Gasteiger partial charge in [-0.05, 0) is 71.3 Å². The summed E-state index contributed by atoms with van der Waals surface area (Å²) in [5.41, 5.74) is 1.97. The minimum Gasteiger partial charge on any atom is -0.339 e. The van der Waals surface area contributed by atoms with Gasteiger partial charge in [-0.25, -0.2) is 0 Å². The molecule has 2 amide bonds. The second-order valence-corrected chi connectivity index (χ2v) is 10.2. The molecule has 0 aliphatic heterocycles. The number of benzene rings is 3. The van der Waals surface area contributed by atoms with Crippen LogP contribution in [0.2, 0.25) is 5.02 Å². The molecule has 2 aromatic heterocycles. The van der Waals surface area contributed by atoms with Gasteiger partial charge in [0.2, 0.25) is 5.91 Å². The molecule has 0 saturated carbocycles. The lowest BCUT2D eigenvalue weighted by molar-refractivity contribution is -0.137. The van der Waals surface area contributed by atoms with Crippen molar-refractivity contribution in [2.75, 3.05) is 5.32 Å². The van der Waals surface area contributed by atoms with Crippen molar-refractivity contribution >= 4 is 29.1 Å². The van der Waals surface area contributed by atoms with Crippen molar-refractivity contribution in [1.82, 2.24) is 29.9 Å². The summed E-state index contributed by atoms with van der Waals surface area (Å²) < 4.78 is 43.1. The Kier molecular flexibility index (Phi) is 8.31. The van der Waals surface area contributed by atoms with Crippen molar-refractivity contribution in [3.63, 3.8) is 0 Å². The highest BCUT2D eigenvalue weighted by Crippen LogP contribution is 2.33. The molecule has 2 N–H and O–H groups in total. The largest absolute Gasteiger partial charge is 0.416 e. The van der Waals surface area contributed by atoms with E-state index in [9.17, 15) is 22.8 Å². The van der Waals surface area contributed by atoms with Crippen LogP contribution < -0.4 is 10.6 Å². The van der Waals surface area contributed by atoms with Gasteiger partial charge in [0.05, 0.1) is 5.56 Å². The smallest absolute Gasteiger partial charge is 0.339 e. The molecule has 2 heterocycles. The molecule has 0 aliphatic rings. The molecule has 43 heavy (non-hydrogen) atoms. The minimum atomic E-state index is -4.50. The summed E-state index contributed by atoms with van der Waals surface area (Å²) in [6.45, 7) is 0. The Balaban J connectivity index is 1.42. The van der Waals surface area contributed by atoms with Crippen molar-refractivity contribution < 1.29 is 22.8 Å². The molecule has 220 valence electrons. The first-order chi connectivity index (χ1) is 20.5. The maximum absolute atomic E-state index is 13.6. The summed E-state index contributed by atoms with van der Waals surface area (Å²) in [5.74, 6) is -0.417. The number of hydrogen-bond acceptors (Lipinski definition) is 5. The van der Waals surface area contributed by atoms with E-state index in [0.29, 0.717) is 28.2 Å². The molecule has 13 heteroatoms. The molecule has 1 unspecified atom stereocenters. The maximum atomic E-state index is 13.6. The Hall–Kier alpha value is -4.97. The zero-order valence-corrected chi connectivity index (χ0v) is 23.7. The highest BCUT2D eigenvalue weighted by Gasteiger charge is 2.30. The number of aromatic nitrogens is 5. The SMILES string of the molecule is Cn1cnnc1-c1ccc(NC(=O)C(Cc2cc(-c3cccc(C(F)(F)F)c3)ccc2Cl)NC(=O)c2ccnn2C)cc1. The highest BCUT2D eigenvalue weighted by molar-refractivity contribution is 6.31. The van der Waals surface area contributed by atoms with Gasteiger partial charge in [-0.1, -0.05) is 29.8 Å². The summed E-state index contributed by atoms with van der Waals surface area (Å²) in [7, 11) is 3.41. The van der Waals surface area contributed by atoms with E-state index < -0.39 is 29.6 Å². The predicted molar refractivity (Wildman–Crippen MR) is 155 cm³/mol. The van der Waals surface area contributed by atoms with Crippen LogP contribution in [-0.4, -0.2) is 42.4 Å². The van der Waals surface area contributed by atoms with Gasteiger partial charge < -0.3 is 15.2 Å². The monoisotopic (exact) mass is 607 g/mol. The van der Waals surface area contributed by atoms with E-state index in [-0.39, 0.29) is 17.1 Å². The van der Waals surface area contributed by atoms with Crippen LogP contribution >= 0.6 is 11.6 Å². The number of nitrogens with one attached hydrogen (secondary N) is 2. The summed E-state index contributed by atoms with van der Waals surface area (Å²) >= 11 is 6.49. The number of hydrogen-bond donors (Lipinski definition) is 2. The molecule has 9 nitrogen and oxygen atoms in total. The van der Waals surface area contributed by atoms with Crippen molar-refractivity contribution in [2.45, 2.75) is 18.6 Å². The molecule has 0 saturated heterocycles. The van der Waals surface area contributed by atoms with E-state index in [1.807, 2.05) is 7.05 Å². The number of alkyl halides is 3. The van der Waals surface area contributed by atoms with Crippen molar-refractivity contribution in [3.8, 4) is 22.5 Å². The van der Waals surface area contributed by atoms with Gasteiger partial charge in [-0.15, -0.1) is 10.2 Å². The molecular weight excluding hydrogens is 583 g/mol. The van der Waals surface area contributed by atoms with Gasteiger partial charge in [0.1, 0.15) is 18.1 Å². The van der Waals surface area contributed by atoms with Crippen molar-refractivity contribution in [2.24, 2.45) is 14.1 Å².